The first-order valence-corrected chi connectivity index (χ1v) is 8.24. The smallest absolute Gasteiger partial charge is 0.220 e. The topological polar surface area (TPSA) is 29.1 Å². The lowest BCUT2D eigenvalue weighted by molar-refractivity contribution is -0.119. The molecule has 2 nitrogen and oxygen atoms in total. The summed E-state index contributed by atoms with van der Waals surface area (Å²) >= 11 is 0. The third-order valence-corrected chi connectivity index (χ3v) is 4.50. The van der Waals surface area contributed by atoms with Crippen molar-refractivity contribution in [3.8, 4) is 0 Å². The number of rotatable bonds is 6. The van der Waals surface area contributed by atoms with Gasteiger partial charge in [0.25, 0.3) is 0 Å². The van der Waals surface area contributed by atoms with Crippen LogP contribution in [-0.2, 0) is 11.2 Å². The first-order chi connectivity index (χ1) is 9.91. The Morgan fingerprint density at radius 1 is 1.10 bits per heavy atom. The summed E-state index contributed by atoms with van der Waals surface area (Å²) in [6.07, 6.45) is 3.90. The van der Waals surface area contributed by atoms with Crippen LogP contribution in [0.1, 0.15) is 52.5 Å². The summed E-state index contributed by atoms with van der Waals surface area (Å²) in [5.41, 5.74) is 1.44. The van der Waals surface area contributed by atoms with Crippen LogP contribution in [0.4, 0.5) is 0 Å². The van der Waals surface area contributed by atoms with Gasteiger partial charge in [-0.3, -0.25) is 4.79 Å². The van der Waals surface area contributed by atoms with E-state index in [1.54, 1.807) is 0 Å². The average molecular weight is 287 g/mol. The van der Waals surface area contributed by atoms with E-state index < -0.39 is 0 Å². The van der Waals surface area contributed by atoms with E-state index in [1.165, 1.54) is 5.56 Å². The molecule has 0 saturated carbocycles. The highest BCUT2D eigenvalue weighted by Gasteiger charge is 2.46. The van der Waals surface area contributed by atoms with Gasteiger partial charge >= 0.3 is 0 Å². The summed E-state index contributed by atoms with van der Waals surface area (Å²) < 4.78 is 0. The molecule has 116 valence electrons. The Hall–Kier alpha value is -1.31. The van der Waals surface area contributed by atoms with Gasteiger partial charge in [0.15, 0.2) is 0 Å². The van der Waals surface area contributed by atoms with E-state index in [-0.39, 0.29) is 17.4 Å². The van der Waals surface area contributed by atoms with E-state index in [4.69, 9.17) is 0 Å². The summed E-state index contributed by atoms with van der Waals surface area (Å²) in [5, 5.41) is 3.27. The Bertz CT molecular complexity index is 454. The minimum absolute atomic E-state index is 0.120. The second-order valence-electron chi connectivity index (χ2n) is 7.54. The molecule has 1 amide bonds. The molecular weight excluding hydrogens is 258 g/mol. The van der Waals surface area contributed by atoms with Gasteiger partial charge in [-0.1, -0.05) is 58.0 Å². The normalized spacial score (nSPS) is 21.0. The summed E-state index contributed by atoms with van der Waals surface area (Å²) in [6.45, 7) is 9.07. The van der Waals surface area contributed by atoms with E-state index in [1.807, 2.05) is 6.07 Å². The minimum Gasteiger partial charge on any atom is -0.352 e. The molecule has 0 radical (unpaired) electrons. The number of amides is 1. The molecular formula is C19H29NO. The minimum atomic E-state index is 0.120. The predicted octanol–water partition coefficient (Wildman–Crippen LogP) is 4.20. The maximum Gasteiger partial charge on any atom is 0.220 e. The molecule has 1 saturated heterocycles. The molecule has 1 aromatic carbocycles. The van der Waals surface area contributed by atoms with Crippen molar-refractivity contribution in [1.29, 1.82) is 0 Å². The zero-order chi connectivity index (χ0) is 15.5. The second-order valence-corrected chi connectivity index (χ2v) is 7.54. The zero-order valence-electron chi connectivity index (χ0n) is 13.9. The molecule has 21 heavy (non-hydrogen) atoms. The lowest BCUT2D eigenvalue weighted by atomic mass is 9.68. The van der Waals surface area contributed by atoms with Gasteiger partial charge in [0.05, 0.1) is 0 Å². The Morgan fingerprint density at radius 3 is 2.19 bits per heavy atom. The van der Waals surface area contributed by atoms with Crippen molar-refractivity contribution in [2.24, 2.45) is 17.3 Å². The Labute approximate surface area is 129 Å². The van der Waals surface area contributed by atoms with E-state index in [9.17, 15) is 4.79 Å². The SMILES string of the molecule is CC(C)CC1(CC(C)C)CC(=O)NC1Cc1ccccc1. The maximum atomic E-state index is 12.1. The van der Waals surface area contributed by atoms with Gasteiger partial charge in [0.1, 0.15) is 0 Å². The van der Waals surface area contributed by atoms with E-state index in [0.29, 0.717) is 18.3 Å². The summed E-state index contributed by atoms with van der Waals surface area (Å²) in [7, 11) is 0. The van der Waals surface area contributed by atoms with Crippen LogP contribution in [0.15, 0.2) is 30.3 Å². The molecule has 0 bridgehead atoms. The van der Waals surface area contributed by atoms with Crippen LogP contribution in [-0.4, -0.2) is 11.9 Å². The van der Waals surface area contributed by atoms with Crippen LogP contribution >= 0.6 is 0 Å². The number of benzene rings is 1. The fraction of sp³-hybridized carbons (Fsp3) is 0.632. The van der Waals surface area contributed by atoms with Gasteiger partial charge in [-0.25, -0.2) is 0 Å². The van der Waals surface area contributed by atoms with Crippen molar-refractivity contribution < 1.29 is 4.79 Å². The van der Waals surface area contributed by atoms with Gasteiger partial charge in [-0.05, 0) is 36.7 Å². The summed E-state index contributed by atoms with van der Waals surface area (Å²) in [4.78, 5) is 12.1. The molecule has 2 rings (SSSR count). The Morgan fingerprint density at radius 2 is 1.67 bits per heavy atom. The van der Waals surface area contributed by atoms with Crippen LogP contribution in [0.2, 0.25) is 0 Å². The van der Waals surface area contributed by atoms with Crippen LogP contribution in [0.25, 0.3) is 0 Å². The van der Waals surface area contributed by atoms with Gasteiger partial charge < -0.3 is 5.32 Å². The van der Waals surface area contributed by atoms with Crippen molar-refractivity contribution in [1.82, 2.24) is 5.32 Å². The molecule has 1 aliphatic heterocycles. The average Bonchev–Trinajstić information content (AvgIpc) is 2.64. The Balaban J connectivity index is 2.24. The van der Waals surface area contributed by atoms with Crippen LogP contribution in [0.5, 0.6) is 0 Å². The number of hydrogen-bond donors (Lipinski definition) is 1. The van der Waals surface area contributed by atoms with Crippen molar-refractivity contribution >= 4 is 5.91 Å². The van der Waals surface area contributed by atoms with Crippen LogP contribution < -0.4 is 5.32 Å². The van der Waals surface area contributed by atoms with E-state index in [0.717, 1.165) is 19.3 Å². The monoisotopic (exact) mass is 287 g/mol. The molecule has 1 atom stereocenters. The third-order valence-electron chi connectivity index (χ3n) is 4.50. The molecule has 0 aromatic heterocycles. The van der Waals surface area contributed by atoms with Crippen molar-refractivity contribution in [3.05, 3.63) is 35.9 Å². The lowest BCUT2D eigenvalue weighted by Gasteiger charge is -2.37. The fourth-order valence-electron chi connectivity index (χ4n) is 4.10. The highest BCUT2D eigenvalue weighted by Crippen LogP contribution is 2.44. The highest BCUT2D eigenvalue weighted by molar-refractivity contribution is 5.80. The first-order valence-electron chi connectivity index (χ1n) is 8.24. The molecule has 0 spiro atoms. The number of carbonyl (C=O) groups is 1. The standard InChI is InChI=1S/C19H29NO/c1-14(2)11-19(12-15(3)4)13-18(21)20-17(19)10-16-8-6-5-7-9-16/h5-9,14-15,17H,10-13H2,1-4H3,(H,20,21). The molecule has 1 aromatic rings. The van der Waals surface area contributed by atoms with Crippen molar-refractivity contribution in [2.45, 2.75) is 59.4 Å². The van der Waals surface area contributed by atoms with E-state index in [2.05, 4.69) is 57.3 Å². The van der Waals surface area contributed by atoms with Gasteiger partial charge in [0, 0.05) is 17.9 Å². The van der Waals surface area contributed by atoms with E-state index >= 15 is 0 Å². The molecule has 1 fully saturated rings. The second kappa shape index (κ2) is 6.64. The maximum absolute atomic E-state index is 12.1. The zero-order valence-corrected chi connectivity index (χ0v) is 13.9. The number of hydrogen-bond acceptors (Lipinski definition) is 1. The Kier molecular flexibility index (Phi) is 5.08. The first kappa shape index (κ1) is 16.1. The lowest BCUT2D eigenvalue weighted by Crippen LogP contribution is -2.40. The molecule has 0 aliphatic carbocycles. The third kappa shape index (κ3) is 4.09. The van der Waals surface area contributed by atoms with Crippen LogP contribution in [0.3, 0.4) is 0 Å². The predicted molar refractivity (Wildman–Crippen MR) is 88.0 cm³/mol. The van der Waals surface area contributed by atoms with Gasteiger partial charge in [0.2, 0.25) is 5.91 Å². The summed E-state index contributed by atoms with van der Waals surface area (Å²) in [6, 6.07) is 10.8. The fourth-order valence-corrected chi connectivity index (χ4v) is 4.10. The van der Waals surface area contributed by atoms with Crippen LogP contribution in [0, 0.1) is 17.3 Å². The summed E-state index contributed by atoms with van der Waals surface area (Å²) in [5.74, 6) is 1.47. The molecule has 1 unspecified atom stereocenters. The molecule has 1 heterocycles. The van der Waals surface area contributed by atoms with Crippen molar-refractivity contribution in [2.75, 3.05) is 0 Å². The number of carbonyl (C=O) groups excluding carboxylic acids is 1. The molecule has 1 aliphatic rings. The highest BCUT2D eigenvalue weighted by atomic mass is 16.2. The van der Waals surface area contributed by atoms with Gasteiger partial charge in [-0.15, -0.1) is 0 Å². The van der Waals surface area contributed by atoms with Gasteiger partial charge in [-0.2, -0.15) is 0 Å². The van der Waals surface area contributed by atoms with Crippen molar-refractivity contribution in [3.63, 3.8) is 0 Å². The largest absolute Gasteiger partial charge is 0.352 e. The quantitative estimate of drug-likeness (QED) is 0.835. The number of nitrogens with one attached hydrogen (secondary N) is 1. The molecule has 1 N–H and O–H groups in total. The molecule has 2 heteroatoms.